The lowest BCUT2D eigenvalue weighted by Crippen LogP contribution is -1.97. The number of nitrogen functional groups attached to an aromatic ring is 1. The lowest BCUT2D eigenvalue weighted by atomic mass is 10.1. The number of carbonyl (C=O) groups excluding carboxylic acids is 1. The quantitative estimate of drug-likeness (QED) is 0.613. The highest BCUT2D eigenvalue weighted by molar-refractivity contribution is 5.98. The van der Waals surface area contributed by atoms with Crippen molar-refractivity contribution < 1.29 is 9.53 Å². The van der Waals surface area contributed by atoms with Gasteiger partial charge in [-0.3, -0.25) is 4.79 Å². The van der Waals surface area contributed by atoms with Gasteiger partial charge in [0.1, 0.15) is 11.4 Å². The van der Waals surface area contributed by atoms with E-state index in [1.54, 1.807) is 25.3 Å². The van der Waals surface area contributed by atoms with E-state index in [-0.39, 0.29) is 5.78 Å². The fraction of sp³-hybridized carbons (Fsp3) is 0.182. The van der Waals surface area contributed by atoms with Crippen LogP contribution in [0.4, 0.5) is 5.69 Å². The fourth-order valence-corrected chi connectivity index (χ4v) is 1.56. The number of ether oxygens (including phenoxy) is 1. The van der Waals surface area contributed by atoms with Gasteiger partial charge in [0, 0.05) is 12.5 Å². The molecule has 0 unspecified atom stereocenters. The van der Waals surface area contributed by atoms with Gasteiger partial charge in [-0.1, -0.05) is 0 Å². The summed E-state index contributed by atoms with van der Waals surface area (Å²) in [5, 5.41) is 10.2. The van der Waals surface area contributed by atoms with Gasteiger partial charge in [0.05, 0.1) is 12.8 Å². The predicted molar refractivity (Wildman–Crippen MR) is 62.8 cm³/mol. The maximum Gasteiger partial charge on any atom is 0.182 e. The molecule has 0 bridgehead atoms. The first-order chi connectivity index (χ1) is 8.13. The van der Waals surface area contributed by atoms with Crippen molar-refractivity contribution in [3.8, 4) is 17.0 Å². The smallest absolute Gasteiger partial charge is 0.182 e. The van der Waals surface area contributed by atoms with Crippen molar-refractivity contribution in [2.24, 2.45) is 0 Å². The van der Waals surface area contributed by atoms with Crippen LogP contribution >= 0.6 is 0 Å². The number of aromatic amines is 1. The lowest BCUT2D eigenvalue weighted by Gasteiger charge is -2.05. The van der Waals surface area contributed by atoms with Gasteiger partial charge in [0.25, 0.3) is 0 Å². The second-order valence-corrected chi connectivity index (χ2v) is 3.53. The van der Waals surface area contributed by atoms with Crippen LogP contribution in [0, 0.1) is 0 Å². The zero-order valence-corrected chi connectivity index (χ0v) is 9.52. The number of H-pyrrole nitrogens is 1. The largest absolute Gasteiger partial charge is 0.495 e. The normalized spacial score (nSPS) is 10.2. The number of Topliss-reactive ketones (excluding diaryl/α,β-unsaturated/α-hetero) is 1. The van der Waals surface area contributed by atoms with E-state index in [2.05, 4.69) is 15.4 Å². The number of hydrogen-bond acceptors (Lipinski definition) is 5. The number of nitrogens with two attached hydrogens (primary N) is 1. The molecule has 0 aliphatic heterocycles. The third-order valence-corrected chi connectivity index (χ3v) is 2.38. The minimum Gasteiger partial charge on any atom is -0.495 e. The van der Waals surface area contributed by atoms with E-state index in [0.717, 1.165) is 5.56 Å². The van der Waals surface area contributed by atoms with Crippen LogP contribution in [0.25, 0.3) is 11.3 Å². The summed E-state index contributed by atoms with van der Waals surface area (Å²) in [5.41, 5.74) is 7.80. The molecule has 0 saturated heterocycles. The Balaban J connectivity index is 2.50. The van der Waals surface area contributed by atoms with Gasteiger partial charge < -0.3 is 10.5 Å². The number of nitrogens with one attached hydrogen (secondary N) is 1. The molecule has 88 valence electrons. The predicted octanol–water partition coefficient (Wildman–Crippen LogP) is 1.27. The third-order valence-electron chi connectivity index (χ3n) is 2.38. The lowest BCUT2D eigenvalue weighted by molar-refractivity contribution is 0.101. The van der Waals surface area contributed by atoms with Crippen LogP contribution in [0.15, 0.2) is 18.2 Å². The molecule has 2 rings (SSSR count). The van der Waals surface area contributed by atoms with Crippen LogP contribution in [0.5, 0.6) is 5.75 Å². The molecular formula is C11H12N4O2. The first-order valence-corrected chi connectivity index (χ1v) is 4.99. The molecule has 17 heavy (non-hydrogen) atoms. The molecule has 0 saturated carbocycles. The summed E-state index contributed by atoms with van der Waals surface area (Å²) in [6, 6.07) is 5.20. The monoisotopic (exact) mass is 232 g/mol. The molecule has 1 aromatic heterocycles. The molecule has 0 spiro atoms. The molecule has 3 N–H and O–H groups in total. The van der Waals surface area contributed by atoms with E-state index in [1.165, 1.54) is 6.92 Å². The number of rotatable bonds is 3. The topological polar surface area (TPSA) is 93.9 Å². The highest BCUT2D eigenvalue weighted by atomic mass is 16.5. The van der Waals surface area contributed by atoms with Gasteiger partial charge in [0.2, 0.25) is 0 Å². The summed E-state index contributed by atoms with van der Waals surface area (Å²) in [6.45, 7) is 1.44. The van der Waals surface area contributed by atoms with Crippen molar-refractivity contribution in [3.05, 3.63) is 23.9 Å². The first kappa shape index (κ1) is 11.1. The maximum atomic E-state index is 11.3. The average molecular weight is 232 g/mol. The number of methoxy groups -OCH3 is 1. The number of hydrogen-bond donors (Lipinski definition) is 2. The van der Waals surface area contributed by atoms with Crippen LogP contribution < -0.4 is 10.5 Å². The molecule has 0 aliphatic rings. The summed E-state index contributed by atoms with van der Waals surface area (Å²) in [5.74, 6) is 0.435. The summed E-state index contributed by atoms with van der Waals surface area (Å²) in [4.78, 5) is 11.3. The molecule has 0 radical (unpaired) electrons. The van der Waals surface area contributed by atoms with Gasteiger partial charge >= 0.3 is 0 Å². The van der Waals surface area contributed by atoms with Gasteiger partial charge in [-0.2, -0.15) is 15.4 Å². The van der Waals surface area contributed by atoms with Crippen molar-refractivity contribution in [1.82, 2.24) is 15.4 Å². The van der Waals surface area contributed by atoms with Crippen LogP contribution in [-0.4, -0.2) is 28.3 Å². The average Bonchev–Trinajstić information content (AvgIpc) is 2.77. The SMILES string of the molecule is COc1ccc(-c2n[nH]nc2C(C)=O)cc1N. The Morgan fingerprint density at radius 3 is 2.76 bits per heavy atom. The van der Waals surface area contributed by atoms with Gasteiger partial charge in [-0.15, -0.1) is 0 Å². The molecule has 6 heteroatoms. The molecule has 1 heterocycles. The van der Waals surface area contributed by atoms with E-state index in [1.807, 2.05) is 0 Å². The number of benzene rings is 1. The maximum absolute atomic E-state index is 11.3. The van der Waals surface area contributed by atoms with Gasteiger partial charge in [0.15, 0.2) is 11.5 Å². The Labute approximate surface area is 97.8 Å². The summed E-state index contributed by atoms with van der Waals surface area (Å²) in [7, 11) is 1.54. The molecule has 0 aliphatic carbocycles. The van der Waals surface area contributed by atoms with Crippen molar-refractivity contribution in [3.63, 3.8) is 0 Å². The number of nitrogens with zero attached hydrogens (tertiary/aromatic N) is 2. The zero-order chi connectivity index (χ0) is 12.4. The third kappa shape index (κ3) is 1.96. The number of carbonyl (C=O) groups is 1. The Hall–Kier alpha value is -2.37. The summed E-state index contributed by atoms with van der Waals surface area (Å²) < 4.78 is 5.06. The Morgan fingerprint density at radius 1 is 1.41 bits per heavy atom. The molecule has 2 aromatic rings. The number of aromatic nitrogens is 3. The number of anilines is 1. The second kappa shape index (κ2) is 4.25. The van der Waals surface area contributed by atoms with Crippen molar-refractivity contribution >= 4 is 11.5 Å². The standard InChI is InChI=1S/C11H12N4O2/c1-6(16)10-11(14-15-13-10)7-3-4-9(17-2)8(12)5-7/h3-5H,12H2,1-2H3,(H,13,14,15). The summed E-state index contributed by atoms with van der Waals surface area (Å²) >= 11 is 0. The summed E-state index contributed by atoms with van der Waals surface area (Å²) in [6.07, 6.45) is 0. The molecule has 6 nitrogen and oxygen atoms in total. The number of ketones is 1. The van der Waals surface area contributed by atoms with Crippen LogP contribution in [0.2, 0.25) is 0 Å². The molecule has 0 amide bonds. The van der Waals surface area contributed by atoms with Crippen molar-refractivity contribution in [2.45, 2.75) is 6.92 Å². The van der Waals surface area contributed by atoms with E-state index in [9.17, 15) is 4.79 Å². The van der Waals surface area contributed by atoms with E-state index in [0.29, 0.717) is 22.8 Å². The van der Waals surface area contributed by atoms with E-state index >= 15 is 0 Å². The fourth-order valence-electron chi connectivity index (χ4n) is 1.56. The first-order valence-electron chi connectivity index (χ1n) is 4.99. The van der Waals surface area contributed by atoms with E-state index in [4.69, 9.17) is 10.5 Å². The van der Waals surface area contributed by atoms with Crippen LogP contribution in [-0.2, 0) is 0 Å². The van der Waals surface area contributed by atoms with Crippen molar-refractivity contribution in [1.29, 1.82) is 0 Å². The zero-order valence-electron chi connectivity index (χ0n) is 9.52. The highest BCUT2D eigenvalue weighted by Gasteiger charge is 2.15. The minimum absolute atomic E-state index is 0.150. The minimum atomic E-state index is -0.150. The van der Waals surface area contributed by atoms with Crippen LogP contribution in [0.1, 0.15) is 17.4 Å². The molecule has 0 atom stereocenters. The second-order valence-electron chi connectivity index (χ2n) is 3.53. The van der Waals surface area contributed by atoms with Crippen molar-refractivity contribution in [2.75, 3.05) is 12.8 Å². The van der Waals surface area contributed by atoms with Crippen LogP contribution in [0.3, 0.4) is 0 Å². The molecule has 1 aromatic carbocycles. The molecule has 0 fully saturated rings. The van der Waals surface area contributed by atoms with E-state index < -0.39 is 0 Å². The Bertz CT molecular complexity index is 562. The molecular weight excluding hydrogens is 220 g/mol. The Kier molecular flexibility index (Phi) is 2.78. The van der Waals surface area contributed by atoms with Gasteiger partial charge in [-0.25, -0.2) is 0 Å². The highest BCUT2D eigenvalue weighted by Crippen LogP contribution is 2.28. The van der Waals surface area contributed by atoms with Gasteiger partial charge in [-0.05, 0) is 18.2 Å². The Morgan fingerprint density at radius 2 is 2.18 bits per heavy atom.